The van der Waals surface area contributed by atoms with Gasteiger partial charge in [0.15, 0.2) is 0 Å². The lowest BCUT2D eigenvalue weighted by Gasteiger charge is -2.62. The van der Waals surface area contributed by atoms with Crippen molar-refractivity contribution in [2.24, 2.45) is 46.3 Å². The molecule has 4 fully saturated rings. The van der Waals surface area contributed by atoms with E-state index in [0.29, 0.717) is 23.7 Å². The minimum atomic E-state index is -4.19. The van der Waals surface area contributed by atoms with Crippen LogP contribution in [0.4, 0.5) is 4.79 Å². The molecule has 0 bridgehead atoms. The Labute approximate surface area is 244 Å². The van der Waals surface area contributed by atoms with Crippen LogP contribution in [0.25, 0.3) is 0 Å². The lowest BCUT2D eigenvalue weighted by Crippen LogP contribution is -2.58. The van der Waals surface area contributed by atoms with Crippen LogP contribution >= 0.6 is 0 Å². The number of amides is 1. The van der Waals surface area contributed by atoms with Crippen molar-refractivity contribution in [2.45, 2.75) is 109 Å². The zero-order valence-electron chi connectivity index (χ0n) is 25.0. The maximum Gasteiger partial charge on any atom is 0.421 e. The fourth-order valence-corrected chi connectivity index (χ4v) is 10.2. The molecule has 0 aromatic carbocycles. The lowest BCUT2D eigenvalue weighted by atomic mass is 9.43. The van der Waals surface area contributed by atoms with Gasteiger partial charge in [0.1, 0.15) is 4.90 Å². The zero-order valence-corrected chi connectivity index (χ0v) is 25.8. The smallest absolute Gasteiger partial charge is 0.421 e. The van der Waals surface area contributed by atoms with Crippen LogP contribution in [0.15, 0.2) is 17.3 Å². The highest BCUT2D eigenvalue weighted by Gasteiger charge is 2.62. The molecule has 4 saturated carbocycles. The number of hydrogen-bond acceptors (Lipinski definition) is 9. The van der Waals surface area contributed by atoms with Crippen LogP contribution < -0.4 is 9.46 Å². The quantitative estimate of drug-likeness (QED) is 0.421. The molecule has 230 valence electrons. The van der Waals surface area contributed by atoms with Crippen LogP contribution in [0.3, 0.4) is 0 Å². The highest BCUT2D eigenvalue weighted by Crippen LogP contribution is 2.68. The van der Waals surface area contributed by atoms with Crippen molar-refractivity contribution >= 4 is 16.1 Å². The molecule has 5 rings (SSSR count). The first-order valence-corrected chi connectivity index (χ1v) is 16.8. The third kappa shape index (κ3) is 5.70. The molecule has 3 N–H and O–H groups in total. The molecular weight excluding hydrogens is 546 g/mol. The molecule has 0 saturated heterocycles. The lowest BCUT2D eigenvalue weighted by molar-refractivity contribution is -0.174. The number of nitrogens with one attached hydrogen (secondary N) is 1. The van der Waals surface area contributed by atoms with Crippen LogP contribution in [0, 0.1) is 46.3 Å². The third-order valence-corrected chi connectivity index (χ3v) is 12.6. The van der Waals surface area contributed by atoms with Gasteiger partial charge in [-0.15, -0.1) is 0 Å². The Balaban J connectivity index is 1.20. The topological polar surface area (TPSA) is 148 Å². The SMILES string of the molecule is CC(C)Oc1ncc(S(=O)(=O)NC(=O)OC[C@@H](C)[C@H]2CC[C@H]3[C@@H]4[C@H](O)C[C@@H]5C[C@@H](O)CC[C@]5(C)[C@H]4CC[C@]23C)cn1. The van der Waals surface area contributed by atoms with E-state index in [4.69, 9.17) is 9.47 Å². The standard InChI is InChI=1S/C30H47N3O7S/c1-17(2)40-27-31-14-21(15-32-27)41(37,38)33-28(36)39-16-18(3)22-6-7-23-26-24(9-11-30(22,23)5)29(4)10-8-20(34)12-19(29)13-25(26)35/h14-15,17-20,22-26,34-35H,6-13,16H2,1-5H3,(H,33,36)/t18-,19+,20+,22-,23+,24+,25-,26+,29+,30-/m1/s1. The number of carbonyl (C=O) groups is 1. The summed E-state index contributed by atoms with van der Waals surface area (Å²) in [7, 11) is -4.19. The van der Waals surface area contributed by atoms with Gasteiger partial charge >= 0.3 is 12.1 Å². The van der Waals surface area contributed by atoms with Gasteiger partial charge in [0, 0.05) is 0 Å². The second-order valence-electron chi connectivity index (χ2n) is 14.0. The number of aliphatic hydroxyl groups excluding tert-OH is 2. The Morgan fingerprint density at radius 2 is 1.68 bits per heavy atom. The summed E-state index contributed by atoms with van der Waals surface area (Å²) in [6, 6.07) is 0.0555. The van der Waals surface area contributed by atoms with E-state index in [9.17, 15) is 23.4 Å². The largest absolute Gasteiger partial charge is 0.461 e. The third-order valence-electron chi connectivity index (χ3n) is 11.4. The number of sulfonamides is 1. The molecule has 4 aliphatic carbocycles. The van der Waals surface area contributed by atoms with E-state index >= 15 is 0 Å². The van der Waals surface area contributed by atoms with Crippen LogP contribution in [0.1, 0.15) is 86.0 Å². The van der Waals surface area contributed by atoms with Gasteiger partial charge in [-0.05, 0) is 112 Å². The molecule has 1 aromatic rings. The van der Waals surface area contributed by atoms with Crippen molar-refractivity contribution in [1.29, 1.82) is 0 Å². The minimum absolute atomic E-state index is 0.0298. The first-order valence-electron chi connectivity index (χ1n) is 15.3. The molecule has 10 atom stereocenters. The van der Waals surface area contributed by atoms with E-state index in [-0.39, 0.29) is 58.5 Å². The summed E-state index contributed by atoms with van der Waals surface area (Å²) in [5.74, 6) is 1.87. The van der Waals surface area contributed by atoms with E-state index < -0.39 is 16.1 Å². The first-order chi connectivity index (χ1) is 19.2. The highest BCUT2D eigenvalue weighted by atomic mass is 32.2. The molecule has 0 aliphatic heterocycles. The first kappa shape index (κ1) is 30.5. The molecule has 11 heteroatoms. The fourth-order valence-electron chi connectivity index (χ4n) is 9.41. The van der Waals surface area contributed by atoms with Crippen molar-refractivity contribution < 1.29 is 32.9 Å². The number of aromatic nitrogens is 2. The Morgan fingerprint density at radius 3 is 2.37 bits per heavy atom. The molecule has 1 aromatic heterocycles. The van der Waals surface area contributed by atoms with Gasteiger partial charge < -0.3 is 19.7 Å². The van der Waals surface area contributed by atoms with Crippen molar-refractivity contribution in [3.05, 3.63) is 12.4 Å². The van der Waals surface area contributed by atoms with Gasteiger partial charge in [-0.3, -0.25) is 0 Å². The summed E-state index contributed by atoms with van der Waals surface area (Å²) >= 11 is 0. The highest BCUT2D eigenvalue weighted by molar-refractivity contribution is 7.90. The molecule has 41 heavy (non-hydrogen) atoms. The molecule has 4 aliphatic rings. The van der Waals surface area contributed by atoms with E-state index in [1.54, 1.807) is 13.8 Å². The minimum Gasteiger partial charge on any atom is -0.461 e. The summed E-state index contributed by atoms with van der Waals surface area (Å²) in [5, 5.41) is 21.7. The molecule has 0 radical (unpaired) electrons. The van der Waals surface area contributed by atoms with Crippen molar-refractivity contribution in [1.82, 2.24) is 14.7 Å². The van der Waals surface area contributed by atoms with E-state index in [1.807, 2.05) is 4.72 Å². The predicted octanol–water partition coefficient (Wildman–Crippen LogP) is 4.31. The molecule has 10 nitrogen and oxygen atoms in total. The summed E-state index contributed by atoms with van der Waals surface area (Å²) in [5.41, 5.74) is 0.204. The molecule has 1 amide bonds. The summed E-state index contributed by atoms with van der Waals surface area (Å²) in [4.78, 5) is 20.1. The van der Waals surface area contributed by atoms with Gasteiger partial charge in [-0.1, -0.05) is 20.8 Å². The Hall–Kier alpha value is -1.98. The number of hydrogen-bond donors (Lipinski definition) is 3. The molecule has 0 unspecified atom stereocenters. The van der Waals surface area contributed by atoms with Gasteiger partial charge in [-0.2, -0.15) is 0 Å². The van der Waals surface area contributed by atoms with E-state index in [1.165, 1.54) is 0 Å². The van der Waals surface area contributed by atoms with E-state index in [0.717, 1.165) is 63.8 Å². The van der Waals surface area contributed by atoms with Crippen molar-refractivity contribution in [2.75, 3.05) is 6.61 Å². The number of aliphatic hydroxyl groups is 2. The van der Waals surface area contributed by atoms with Crippen LogP contribution in [-0.2, 0) is 14.8 Å². The summed E-state index contributed by atoms with van der Waals surface area (Å²) < 4.78 is 38.0. The predicted molar refractivity (Wildman–Crippen MR) is 151 cm³/mol. The number of ether oxygens (including phenoxy) is 2. The van der Waals surface area contributed by atoms with Gasteiger partial charge in [0.05, 0.1) is 37.3 Å². The van der Waals surface area contributed by atoms with Gasteiger partial charge in [-0.25, -0.2) is 27.9 Å². The van der Waals surface area contributed by atoms with E-state index in [2.05, 4.69) is 30.7 Å². The Morgan fingerprint density at radius 1 is 1.02 bits per heavy atom. The monoisotopic (exact) mass is 593 g/mol. The fraction of sp³-hybridized carbons (Fsp3) is 0.833. The summed E-state index contributed by atoms with van der Waals surface area (Å²) in [6.45, 7) is 10.6. The molecular formula is C30H47N3O7S. The average molecular weight is 594 g/mol. The zero-order chi connectivity index (χ0) is 29.7. The number of fused-ring (bicyclic) bond motifs is 5. The molecule has 0 spiro atoms. The maximum absolute atomic E-state index is 12.7. The van der Waals surface area contributed by atoms with Crippen LogP contribution in [0.2, 0.25) is 0 Å². The number of rotatable bonds is 7. The maximum atomic E-state index is 12.7. The normalized spacial score (nSPS) is 39.3. The molecule has 1 heterocycles. The van der Waals surface area contributed by atoms with Gasteiger partial charge in [0.25, 0.3) is 10.0 Å². The summed E-state index contributed by atoms with van der Waals surface area (Å²) in [6.07, 6.45) is 8.08. The van der Waals surface area contributed by atoms with Crippen molar-refractivity contribution in [3.63, 3.8) is 0 Å². The second kappa shape index (κ2) is 11.3. The number of carbonyl (C=O) groups excluding carboxylic acids is 1. The Bertz CT molecular complexity index is 1210. The van der Waals surface area contributed by atoms with Crippen LogP contribution in [0.5, 0.6) is 6.01 Å². The van der Waals surface area contributed by atoms with Crippen LogP contribution in [-0.4, -0.2) is 59.6 Å². The van der Waals surface area contributed by atoms with Crippen molar-refractivity contribution in [3.8, 4) is 6.01 Å². The second-order valence-corrected chi connectivity index (χ2v) is 15.7. The average Bonchev–Trinajstić information content (AvgIpc) is 3.25. The Kier molecular flexibility index (Phi) is 8.37. The van der Waals surface area contributed by atoms with Gasteiger partial charge in [0.2, 0.25) is 0 Å². The number of nitrogens with zero attached hydrogens (tertiary/aromatic N) is 2.